The largest absolute Gasteiger partial charge is 0.385 e. The van der Waals surface area contributed by atoms with Crippen molar-refractivity contribution in [1.29, 1.82) is 0 Å². The Hall–Kier alpha value is -1.46. The summed E-state index contributed by atoms with van der Waals surface area (Å²) in [4.78, 5) is 4.23. The fraction of sp³-hybridized carbons (Fsp3) is 0.467. The number of benzene rings is 1. The highest BCUT2D eigenvalue weighted by atomic mass is 35.5. The third kappa shape index (κ3) is 2.24. The van der Waals surface area contributed by atoms with Gasteiger partial charge in [-0.25, -0.2) is 14.1 Å². The van der Waals surface area contributed by atoms with Gasteiger partial charge < -0.3 is 5.11 Å². The molecule has 2 aromatic rings. The lowest BCUT2D eigenvalue weighted by Crippen LogP contribution is -2.09. The summed E-state index contributed by atoms with van der Waals surface area (Å²) < 4.78 is 15.8. The maximum absolute atomic E-state index is 14.2. The molecular formula is C15H15ClFN3O. The molecule has 110 valence electrons. The number of halogens is 2. The molecular weight excluding hydrogens is 293 g/mol. The van der Waals surface area contributed by atoms with Gasteiger partial charge in [0.1, 0.15) is 6.10 Å². The number of alkyl halides is 1. The van der Waals surface area contributed by atoms with Crippen LogP contribution < -0.4 is 0 Å². The molecule has 1 fully saturated rings. The number of hydrogen-bond acceptors (Lipinski definition) is 3. The third-order valence-electron chi connectivity index (χ3n) is 4.25. The van der Waals surface area contributed by atoms with Crippen LogP contribution in [0.3, 0.4) is 0 Å². The van der Waals surface area contributed by atoms with Crippen molar-refractivity contribution in [3.8, 4) is 0 Å². The molecule has 3 atom stereocenters. The van der Waals surface area contributed by atoms with E-state index in [4.69, 9.17) is 11.6 Å². The molecule has 2 unspecified atom stereocenters. The minimum atomic E-state index is -1.15. The number of fused-ring (bicyclic) bond motifs is 1. The molecule has 1 aliphatic carbocycles. The van der Waals surface area contributed by atoms with Crippen molar-refractivity contribution in [2.24, 2.45) is 5.92 Å². The van der Waals surface area contributed by atoms with Gasteiger partial charge in [-0.2, -0.15) is 5.10 Å². The molecule has 1 saturated carbocycles. The molecule has 1 aromatic heterocycles. The molecule has 4 nitrogen and oxygen atoms in total. The third-order valence-corrected chi connectivity index (χ3v) is 4.48. The summed E-state index contributed by atoms with van der Waals surface area (Å²) in [6.07, 6.45) is 0.469. The van der Waals surface area contributed by atoms with E-state index in [1.165, 1.54) is 0 Å². The van der Waals surface area contributed by atoms with Gasteiger partial charge in [0.15, 0.2) is 17.8 Å². The first-order valence-electron chi connectivity index (χ1n) is 7.17. The lowest BCUT2D eigenvalue weighted by Gasteiger charge is -2.12. The predicted molar refractivity (Wildman–Crippen MR) is 75.8 cm³/mol. The first-order valence-corrected chi connectivity index (χ1v) is 7.55. The average molecular weight is 308 g/mol. The van der Waals surface area contributed by atoms with E-state index in [2.05, 4.69) is 10.1 Å². The first kappa shape index (κ1) is 13.2. The first-order chi connectivity index (χ1) is 10.1. The molecule has 0 radical (unpaired) electrons. The van der Waals surface area contributed by atoms with Crippen LogP contribution in [-0.4, -0.2) is 19.9 Å². The van der Waals surface area contributed by atoms with Crippen LogP contribution in [0.5, 0.6) is 0 Å². The van der Waals surface area contributed by atoms with Crippen molar-refractivity contribution >= 4 is 11.6 Å². The van der Waals surface area contributed by atoms with Crippen molar-refractivity contribution in [3.63, 3.8) is 0 Å². The van der Waals surface area contributed by atoms with Crippen molar-refractivity contribution in [2.75, 3.05) is 0 Å². The minimum absolute atomic E-state index is 0.207. The molecule has 4 rings (SSSR count). The molecule has 0 bridgehead atoms. The summed E-state index contributed by atoms with van der Waals surface area (Å²) in [6.45, 7) is 0. The van der Waals surface area contributed by atoms with E-state index < -0.39 is 12.3 Å². The summed E-state index contributed by atoms with van der Waals surface area (Å²) in [5.74, 6) is 0.896. The molecule has 1 aromatic carbocycles. The number of nitrogens with zero attached hydrogens (tertiary/aromatic N) is 3. The Kier molecular flexibility index (Phi) is 3.01. The standard InChI is InChI=1S/C15H15ClFN3O/c16-10-3-1-2-9(6-10)12-7-11(17)15-18-14(19-20(12)15)13(21)8-4-5-8/h1-3,6,8,11-13,21H,4-5,7H2/t11?,12-,13?/m0/s1. The van der Waals surface area contributed by atoms with Gasteiger partial charge in [-0.15, -0.1) is 0 Å². The van der Waals surface area contributed by atoms with Crippen molar-refractivity contribution < 1.29 is 9.50 Å². The smallest absolute Gasteiger partial charge is 0.179 e. The van der Waals surface area contributed by atoms with Gasteiger partial charge in [-0.05, 0) is 36.5 Å². The van der Waals surface area contributed by atoms with Crippen LogP contribution >= 0.6 is 11.6 Å². The average Bonchev–Trinajstić information content (AvgIpc) is 3.14. The van der Waals surface area contributed by atoms with Gasteiger partial charge in [0.25, 0.3) is 0 Å². The molecule has 2 heterocycles. The van der Waals surface area contributed by atoms with Crippen LogP contribution in [0.25, 0.3) is 0 Å². The highest BCUT2D eigenvalue weighted by Crippen LogP contribution is 2.43. The van der Waals surface area contributed by atoms with Crippen molar-refractivity contribution in [1.82, 2.24) is 14.8 Å². The van der Waals surface area contributed by atoms with E-state index >= 15 is 0 Å². The lowest BCUT2D eigenvalue weighted by molar-refractivity contribution is 0.143. The van der Waals surface area contributed by atoms with E-state index in [9.17, 15) is 9.50 Å². The number of aliphatic hydroxyl groups excluding tert-OH is 1. The fourth-order valence-electron chi connectivity index (χ4n) is 2.94. The number of rotatable bonds is 3. The van der Waals surface area contributed by atoms with Crippen molar-refractivity contribution in [2.45, 2.75) is 37.6 Å². The van der Waals surface area contributed by atoms with Crippen molar-refractivity contribution in [3.05, 3.63) is 46.5 Å². The summed E-state index contributed by atoms with van der Waals surface area (Å²) in [5.41, 5.74) is 0.918. The Balaban J connectivity index is 1.71. The Morgan fingerprint density at radius 1 is 1.38 bits per heavy atom. The Morgan fingerprint density at radius 3 is 2.90 bits per heavy atom. The summed E-state index contributed by atoms with van der Waals surface area (Å²) >= 11 is 6.01. The SMILES string of the molecule is OC(c1nc2n(n1)[C@H](c1cccc(Cl)c1)CC2F)C1CC1. The maximum atomic E-state index is 14.2. The highest BCUT2D eigenvalue weighted by molar-refractivity contribution is 6.30. The Morgan fingerprint density at radius 2 is 2.19 bits per heavy atom. The summed E-state index contributed by atoms with van der Waals surface area (Å²) in [6, 6.07) is 7.17. The quantitative estimate of drug-likeness (QED) is 0.945. The van der Waals surface area contributed by atoms with Crippen LogP contribution in [0.15, 0.2) is 24.3 Å². The second-order valence-electron chi connectivity index (χ2n) is 5.83. The van der Waals surface area contributed by atoms with E-state index in [0.717, 1.165) is 18.4 Å². The maximum Gasteiger partial charge on any atom is 0.179 e. The highest BCUT2D eigenvalue weighted by Gasteiger charge is 2.39. The molecule has 1 aliphatic heterocycles. The summed E-state index contributed by atoms with van der Waals surface area (Å²) in [7, 11) is 0. The molecule has 0 spiro atoms. The van der Waals surface area contributed by atoms with E-state index in [1.54, 1.807) is 10.7 Å². The van der Waals surface area contributed by atoms with Gasteiger partial charge in [-0.1, -0.05) is 23.7 Å². The minimum Gasteiger partial charge on any atom is -0.385 e. The summed E-state index contributed by atoms with van der Waals surface area (Å²) in [5, 5.41) is 15.1. The predicted octanol–water partition coefficient (Wildman–Crippen LogP) is 3.38. The monoisotopic (exact) mass is 307 g/mol. The number of aliphatic hydroxyl groups is 1. The molecule has 6 heteroatoms. The molecule has 21 heavy (non-hydrogen) atoms. The molecule has 0 saturated heterocycles. The molecule has 0 amide bonds. The van der Waals surface area contributed by atoms with Crippen LogP contribution in [0.2, 0.25) is 5.02 Å². The number of hydrogen-bond donors (Lipinski definition) is 1. The second kappa shape index (κ2) is 4.78. The normalized spacial score (nSPS) is 25.9. The zero-order valence-electron chi connectivity index (χ0n) is 11.3. The van der Waals surface area contributed by atoms with E-state index in [1.807, 2.05) is 18.2 Å². The number of aromatic nitrogens is 3. The fourth-order valence-corrected chi connectivity index (χ4v) is 3.13. The van der Waals surface area contributed by atoms with Crippen LogP contribution in [-0.2, 0) is 0 Å². The van der Waals surface area contributed by atoms with Gasteiger partial charge in [0, 0.05) is 11.4 Å². The van der Waals surface area contributed by atoms with Crippen LogP contribution in [0.4, 0.5) is 4.39 Å². The Bertz CT molecular complexity index is 685. The second-order valence-corrected chi connectivity index (χ2v) is 6.27. The van der Waals surface area contributed by atoms with E-state index in [-0.39, 0.29) is 12.0 Å². The molecule has 2 aliphatic rings. The zero-order valence-corrected chi connectivity index (χ0v) is 12.0. The van der Waals surface area contributed by atoms with Gasteiger partial charge >= 0.3 is 0 Å². The topological polar surface area (TPSA) is 50.9 Å². The van der Waals surface area contributed by atoms with Gasteiger partial charge in [0.2, 0.25) is 0 Å². The van der Waals surface area contributed by atoms with Crippen LogP contribution in [0, 0.1) is 5.92 Å². The van der Waals surface area contributed by atoms with E-state index in [0.29, 0.717) is 23.1 Å². The van der Waals surface area contributed by atoms with Gasteiger partial charge in [0.05, 0.1) is 6.04 Å². The molecule has 1 N–H and O–H groups in total. The zero-order chi connectivity index (χ0) is 14.6. The lowest BCUT2D eigenvalue weighted by atomic mass is 10.0. The Labute approximate surface area is 126 Å². The van der Waals surface area contributed by atoms with Gasteiger partial charge in [-0.3, -0.25) is 0 Å². The van der Waals surface area contributed by atoms with Crippen LogP contribution in [0.1, 0.15) is 54.8 Å².